The van der Waals surface area contributed by atoms with Crippen molar-refractivity contribution in [3.8, 4) is 5.75 Å². The Hall–Kier alpha value is -2.51. The molecule has 2 amide bonds. The second-order valence-corrected chi connectivity index (χ2v) is 8.33. The number of carbonyl (C=O) groups excluding carboxylic acids is 2. The van der Waals surface area contributed by atoms with E-state index in [1.165, 1.54) is 18.9 Å². The fourth-order valence-electron chi connectivity index (χ4n) is 2.50. The van der Waals surface area contributed by atoms with E-state index < -0.39 is 0 Å². The van der Waals surface area contributed by atoms with Crippen LogP contribution in [-0.2, 0) is 14.9 Å². The quantitative estimate of drug-likeness (QED) is 0.485. The first-order chi connectivity index (χ1) is 13.2. The van der Waals surface area contributed by atoms with Gasteiger partial charge in [-0.2, -0.15) is 0 Å². The lowest BCUT2D eigenvalue weighted by molar-refractivity contribution is -0.119. The summed E-state index contributed by atoms with van der Waals surface area (Å²) in [6.45, 7) is 6.12. The zero-order valence-electron chi connectivity index (χ0n) is 16.5. The maximum atomic E-state index is 12.6. The standard InChI is InChI=1S/C21H26N2O4S/c1-21(2,3)17-10-14(8-9-18(17)24)20(26)23-15-6-5-7-16(11-15)28-12-19(25)22-13-27-4/h5-11,24H,12-13H2,1-4H3,(H,22,25)(H,23,26). The van der Waals surface area contributed by atoms with Gasteiger partial charge in [-0.25, -0.2) is 0 Å². The van der Waals surface area contributed by atoms with E-state index in [0.29, 0.717) is 16.8 Å². The molecule has 0 aliphatic heterocycles. The van der Waals surface area contributed by atoms with Crippen molar-refractivity contribution < 1.29 is 19.4 Å². The Morgan fingerprint density at radius 2 is 1.89 bits per heavy atom. The highest BCUT2D eigenvalue weighted by atomic mass is 32.2. The van der Waals surface area contributed by atoms with Gasteiger partial charge in [0.2, 0.25) is 5.91 Å². The summed E-state index contributed by atoms with van der Waals surface area (Å²) in [5.74, 6) is 0.0491. The number of benzene rings is 2. The molecule has 150 valence electrons. The lowest BCUT2D eigenvalue weighted by Gasteiger charge is -2.21. The van der Waals surface area contributed by atoms with Gasteiger partial charge in [0.1, 0.15) is 12.5 Å². The predicted molar refractivity (Wildman–Crippen MR) is 112 cm³/mol. The molecule has 0 atom stereocenters. The van der Waals surface area contributed by atoms with E-state index in [2.05, 4.69) is 10.6 Å². The van der Waals surface area contributed by atoms with Crippen molar-refractivity contribution in [2.75, 3.05) is 24.9 Å². The zero-order valence-corrected chi connectivity index (χ0v) is 17.4. The number of nitrogens with one attached hydrogen (secondary N) is 2. The van der Waals surface area contributed by atoms with E-state index in [-0.39, 0.29) is 35.5 Å². The molecule has 2 aromatic rings. The molecule has 0 aromatic heterocycles. The van der Waals surface area contributed by atoms with Crippen LogP contribution in [0.4, 0.5) is 5.69 Å². The van der Waals surface area contributed by atoms with Crippen LogP contribution in [0.5, 0.6) is 5.75 Å². The second-order valence-electron chi connectivity index (χ2n) is 7.29. The summed E-state index contributed by atoms with van der Waals surface area (Å²) in [5, 5.41) is 15.5. The number of phenolic OH excluding ortho intramolecular Hbond substituents is 1. The molecule has 0 saturated heterocycles. The third-order valence-electron chi connectivity index (χ3n) is 3.94. The maximum absolute atomic E-state index is 12.6. The van der Waals surface area contributed by atoms with Crippen LogP contribution < -0.4 is 10.6 Å². The number of carbonyl (C=O) groups is 2. The first-order valence-corrected chi connectivity index (χ1v) is 9.82. The van der Waals surface area contributed by atoms with Crippen molar-refractivity contribution in [2.24, 2.45) is 0 Å². The number of hydrogen-bond acceptors (Lipinski definition) is 5. The van der Waals surface area contributed by atoms with Gasteiger partial charge in [-0.1, -0.05) is 26.8 Å². The molecule has 0 spiro atoms. The van der Waals surface area contributed by atoms with Crippen LogP contribution in [0.3, 0.4) is 0 Å². The summed E-state index contributed by atoms with van der Waals surface area (Å²) in [6.07, 6.45) is 0. The van der Waals surface area contributed by atoms with E-state index in [4.69, 9.17) is 4.74 Å². The van der Waals surface area contributed by atoms with Crippen molar-refractivity contribution in [1.29, 1.82) is 0 Å². The Kier molecular flexibility index (Phi) is 7.48. The molecule has 0 unspecified atom stereocenters. The Morgan fingerprint density at radius 3 is 2.57 bits per heavy atom. The topological polar surface area (TPSA) is 87.7 Å². The molecule has 0 saturated carbocycles. The van der Waals surface area contributed by atoms with Gasteiger partial charge in [0.15, 0.2) is 0 Å². The molecule has 2 rings (SSSR count). The van der Waals surface area contributed by atoms with E-state index in [9.17, 15) is 14.7 Å². The van der Waals surface area contributed by atoms with Gasteiger partial charge in [-0.3, -0.25) is 9.59 Å². The minimum absolute atomic E-state index is 0.125. The van der Waals surface area contributed by atoms with Crippen LogP contribution in [-0.4, -0.2) is 36.5 Å². The summed E-state index contributed by atoms with van der Waals surface area (Å²) in [6, 6.07) is 12.2. The first kappa shape index (κ1) is 21.8. The molecule has 0 aliphatic carbocycles. The number of methoxy groups -OCH3 is 1. The summed E-state index contributed by atoms with van der Waals surface area (Å²) >= 11 is 1.37. The average molecular weight is 403 g/mol. The number of anilines is 1. The number of ether oxygens (including phenoxy) is 1. The Bertz CT molecular complexity index is 847. The Morgan fingerprint density at radius 1 is 1.14 bits per heavy atom. The van der Waals surface area contributed by atoms with Gasteiger partial charge in [-0.05, 0) is 41.8 Å². The molecule has 0 aliphatic rings. The van der Waals surface area contributed by atoms with E-state index in [1.54, 1.807) is 24.3 Å². The Balaban J connectivity index is 2.06. The summed E-state index contributed by atoms with van der Waals surface area (Å²) in [4.78, 5) is 25.2. The minimum Gasteiger partial charge on any atom is -0.508 e. The molecule has 0 fully saturated rings. The molecule has 0 heterocycles. The van der Waals surface area contributed by atoms with Crippen molar-refractivity contribution in [2.45, 2.75) is 31.1 Å². The first-order valence-electron chi connectivity index (χ1n) is 8.84. The molecule has 7 heteroatoms. The van der Waals surface area contributed by atoms with E-state index in [0.717, 1.165) is 4.90 Å². The number of rotatable bonds is 7. The smallest absolute Gasteiger partial charge is 0.255 e. The van der Waals surface area contributed by atoms with Gasteiger partial charge >= 0.3 is 0 Å². The Labute approximate surface area is 169 Å². The average Bonchev–Trinajstić information content (AvgIpc) is 2.64. The molecular weight excluding hydrogens is 376 g/mol. The van der Waals surface area contributed by atoms with Gasteiger partial charge < -0.3 is 20.5 Å². The van der Waals surface area contributed by atoms with Crippen molar-refractivity contribution in [3.05, 3.63) is 53.6 Å². The molecule has 0 bridgehead atoms. The van der Waals surface area contributed by atoms with Crippen LogP contribution in [0.2, 0.25) is 0 Å². The zero-order chi connectivity index (χ0) is 20.7. The number of aromatic hydroxyl groups is 1. The van der Waals surface area contributed by atoms with Gasteiger partial charge in [0.25, 0.3) is 5.91 Å². The monoisotopic (exact) mass is 402 g/mol. The van der Waals surface area contributed by atoms with Crippen LogP contribution in [0.25, 0.3) is 0 Å². The lowest BCUT2D eigenvalue weighted by Crippen LogP contribution is -2.26. The molecular formula is C21H26N2O4S. The highest BCUT2D eigenvalue weighted by Gasteiger charge is 2.20. The molecule has 6 nitrogen and oxygen atoms in total. The summed E-state index contributed by atoms with van der Waals surface area (Å²) in [5.41, 5.74) is 1.55. The van der Waals surface area contributed by atoms with Crippen molar-refractivity contribution >= 4 is 29.3 Å². The van der Waals surface area contributed by atoms with Crippen molar-refractivity contribution in [3.63, 3.8) is 0 Å². The molecule has 0 radical (unpaired) electrons. The SMILES string of the molecule is COCNC(=O)CSc1cccc(NC(=O)c2ccc(O)c(C(C)(C)C)c2)c1. The van der Waals surface area contributed by atoms with Crippen LogP contribution in [0, 0.1) is 0 Å². The van der Waals surface area contributed by atoms with Crippen LogP contribution in [0.1, 0.15) is 36.7 Å². The number of thioether (sulfide) groups is 1. The largest absolute Gasteiger partial charge is 0.508 e. The normalized spacial score (nSPS) is 11.1. The fourth-order valence-corrected chi connectivity index (χ4v) is 3.28. The maximum Gasteiger partial charge on any atom is 0.255 e. The van der Waals surface area contributed by atoms with Gasteiger partial charge in [-0.15, -0.1) is 11.8 Å². The van der Waals surface area contributed by atoms with E-state index >= 15 is 0 Å². The van der Waals surface area contributed by atoms with Crippen LogP contribution >= 0.6 is 11.8 Å². The van der Waals surface area contributed by atoms with Crippen molar-refractivity contribution in [1.82, 2.24) is 5.32 Å². The third kappa shape index (κ3) is 6.28. The second kappa shape index (κ2) is 9.61. The number of hydrogen-bond donors (Lipinski definition) is 3. The van der Waals surface area contributed by atoms with E-state index in [1.807, 2.05) is 39.0 Å². The summed E-state index contributed by atoms with van der Waals surface area (Å²) in [7, 11) is 1.51. The number of amides is 2. The molecule has 2 aromatic carbocycles. The molecule has 3 N–H and O–H groups in total. The fraction of sp³-hybridized carbons (Fsp3) is 0.333. The third-order valence-corrected chi connectivity index (χ3v) is 4.94. The van der Waals surface area contributed by atoms with Crippen LogP contribution in [0.15, 0.2) is 47.4 Å². The van der Waals surface area contributed by atoms with Gasteiger partial charge in [0.05, 0.1) is 5.75 Å². The molecule has 28 heavy (non-hydrogen) atoms. The highest BCUT2D eigenvalue weighted by Crippen LogP contribution is 2.31. The summed E-state index contributed by atoms with van der Waals surface area (Å²) < 4.78 is 4.80. The lowest BCUT2D eigenvalue weighted by atomic mass is 9.85. The van der Waals surface area contributed by atoms with Gasteiger partial charge in [0, 0.05) is 28.8 Å². The highest BCUT2D eigenvalue weighted by molar-refractivity contribution is 8.00. The predicted octanol–water partition coefficient (Wildman–Crippen LogP) is 3.75. The number of phenols is 1. The minimum atomic E-state index is -0.277.